The maximum atomic E-state index is 6.03. The van der Waals surface area contributed by atoms with E-state index in [0.29, 0.717) is 0 Å². The largest absolute Gasteiger partial charge is 0.385 e. The molecule has 0 aliphatic carbocycles. The molecule has 3 aromatic rings. The molecule has 3 rings (SSSR count). The van der Waals surface area contributed by atoms with Crippen molar-refractivity contribution in [2.75, 3.05) is 5.73 Å². The monoisotopic (exact) mass is 209 g/mol. The average Bonchev–Trinajstić information content (AvgIpc) is 2.66. The second kappa shape index (κ2) is 3.38. The normalized spacial score (nSPS) is 10.8. The highest BCUT2D eigenvalue weighted by atomic mass is 15.1. The number of pyridine rings is 1. The Bertz CT molecular complexity index is 626. The highest BCUT2D eigenvalue weighted by molar-refractivity contribution is 5.86. The second-order valence-corrected chi connectivity index (χ2v) is 3.67. The summed E-state index contributed by atoms with van der Waals surface area (Å²) in [4.78, 5) is 4.01. The van der Waals surface area contributed by atoms with E-state index in [4.69, 9.17) is 5.73 Å². The van der Waals surface area contributed by atoms with Crippen molar-refractivity contribution in [2.24, 2.45) is 0 Å². The lowest BCUT2D eigenvalue weighted by Gasteiger charge is -2.06. The van der Waals surface area contributed by atoms with Crippen molar-refractivity contribution in [1.29, 1.82) is 0 Å². The van der Waals surface area contributed by atoms with Gasteiger partial charge in [0.1, 0.15) is 5.82 Å². The molecule has 0 saturated carbocycles. The first-order valence-electron chi connectivity index (χ1n) is 5.12. The summed E-state index contributed by atoms with van der Waals surface area (Å²) >= 11 is 0. The molecule has 3 heteroatoms. The van der Waals surface area contributed by atoms with Crippen LogP contribution in [0.3, 0.4) is 0 Å². The zero-order valence-electron chi connectivity index (χ0n) is 8.67. The molecule has 3 nitrogen and oxygen atoms in total. The predicted molar refractivity (Wildman–Crippen MR) is 65.5 cm³/mol. The van der Waals surface area contributed by atoms with Crippen LogP contribution in [0.25, 0.3) is 16.6 Å². The number of anilines is 1. The molecule has 0 atom stereocenters. The van der Waals surface area contributed by atoms with Crippen molar-refractivity contribution in [3.8, 4) is 5.69 Å². The third kappa shape index (κ3) is 1.26. The molecular weight excluding hydrogens is 198 g/mol. The molecule has 0 amide bonds. The lowest BCUT2D eigenvalue weighted by Crippen LogP contribution is -1.99. The number of aromatic nitrogens is 2. The van der Waals surface area contributed by atoms with E-state index in [9.17, 15) is 0 Å². The fourth-order valence-electron chi connectivity index (χ4n) is 1.96. The lowest BCUT2D eigenvalue weighted by molar-refractivity contribution is 1.12. The fourth-order valence-corrected chi connectivity index (χ4v) is 1.96. The van der Waals surface area contributed by atoms with Gasteiger partial charge in [0.2, 0.25) is 0 Å². The number of rotatable bonds is 1. The van der Waals surface area contributed by atoms with E-state index in [1.807, 2.05) is 34.9 Å². The summed E-state index contributed by atoms with van der Waals surface area (Å²) < 4.78 is 2.02. The molecule has 0 aliphatic rings. The smallest absolute Gasteiger partial charge is 0.108 e. The van der Waals surface area contributed by atoms with Crippen LogP contribution < -0.4 is 5.73 Å². The highest BCUT2D eigenvalue weighted by Crippen LogP contribution is 2.25. The fraction of sp³-hybridized carbons (Fsp3) is 0. The molecule has 2 heterocycles. The zero-order valence-corrected chi connectivity index (χ0v) is 8.67. The minimum absolute atomic E-state index is 0.743. The first-order chi connectivity index (χ1) is 7.86. The van der Waals surface area contributed by atoms with Gasteiger partial charge in [0.05, 0.1) is 11.2 Å². The summed E-state index contributed by atoms with van der Waals surface area (Å²) in [7, 11) is 0. The van der Waals surface area contributed by atoms with Crippen molar-refractivity contribution >= 4 is 16.7 Å². The third-order valence-electron chi connectivity index (χ3n) is 2.66. The summed E-state index contributed by atoms with van der Waals surface area (Å²) in [5, 5.41) is 1.15. The molecule has 16 heavy (non-hydrogen) atoms. The van der Waals surface area contributed by atoms with Crippen molar-refractivity contribution in [3.05, 3.63) is 54.9 Å². The molecule has 0 aliphatic heterocycles. The van der Waals surface area contributed by atoms with E-state index in [1.165, 1.54) is 0 Å². The van der Waals surface area contributed by atoms with Gasteiger partial charge >= 0.3 is 0 Å². The van der Waals surface area contributed by atoms with Gasteiger partial charge in [0.15, 0.2) is 0 Å². The molecule has 0 unspecified atom stereocenters. The van der Waals surface area contributed by atoms with Crippen LogP contribution >= 0.6 is 0 Å². The van der Waals surface area contributed by atoms with Crippen LogP contribution in [0.2, 0.25) is 0 Å². The number of benzene rings is 1. The molecular formula is C13H11N3. The molecule has 78 valence electrons. The van der Waals surface area contributed by atoms with E-state index < -0.39 is 0 Å². The molecule has 2 N–H and O–H groups in total. The summed E-state index contributed by atoms with van der Waals surface area (Å²) in [5.41, 5.74) is 8.18. The Kier molecular flexibility index (Phi) is 1.90. The topological polar surface area (TPSA) is 43.8 Å². The van der Waals surface area contributed by atoms with E-state index in [1.54, 1.807) is 12.4 Å². The van der Waals surface area contributed by atoms with Gasteiger partial charge in [-0.3, -0.25) is 9.55 Å². The number of fused-ring (bicyclic) bond motifs is 1. The zero-order chi connectivity index (χ0) is 11.0. The molecule has 0 bridgehead atoms. The van der Waals surface area contributed by atoms with Crippen LogP contribution in [-0.2, 0) is 0 Å². The van der Waals surface area contributed by atoms with E-state index in [2.05, 4.69) is 17.1 Å². The Morgan fingerprint density at radius 2 is 1.75 bits per heavy atom. The van der Waals surface area contributed by atoms with Gasteiger partial charge in [0.25, 0.3) is 0 Å². The Morgan fingerprint density at radius 3 is 2.56 bits per heavy atom. The average molecular weight is 209 g/mol. The second-order valence-electron chi connectivity index (χ2n) is 3.67. The van der Waals surface area contributed by atoms with Gasteiger partial charge in [-0.25, -0.2) is 0 Å². The SMILES string of the molecule is Nc1cc2ccccc2n1-c1ccncc1. The molecule has 0 fully saturated rings. The van der Waals surface area contributed by atoms with Gasteiger partial charge in [-0.1, -0.05) is 18.2 Å². The first kappa shape index (κ1) is 8.97. The molecule has 2 aromatic heterocycles. The number of para-hydroxylation sites is 1. The van der Waals surface area contributed by atoms with E-state index >= 15 is 0 Å². The standard InChI is InChI=1S/C13H11N3/c14-13-9-10-3-1-2-4-12(10)16(13)11-5-7-15-8-6-11/h1-9H,14H2. The van der Waals surface area contributed by atoms with E-state index in [-0.39, 0.29) is 0 Å². The maximum absolute atomic E-state index is 6.03. The lowest BCUT2D eigenvalue weighted by atomic mass is 10.2. The van der Waals surface area contributed by atoms with Crippen LogP contribution in [0.1, 0.15) is 0 Å². The van der Waals surface area contributed by atoms with Gasteiger partial charge < -0.3 is 5.73 Å². The van der Waals surface area contributed by atoms with Crippen molar-refractivity contribution < 1.29 is 0 Å². The Labute approximate surface area is 93.1 Å². The number of nitrogens with zero attached hydrogens (tertiary/aromatic N) is 2. The predicted octanol–water partition coefficient (Wildman–Crippen LogP) is 2.61. The molecule has 0 spiro atoms. The first-order valence-corrected chi connectivity index (χ1v) is 5.12. The van der Waals surface area contributed by atoms with Crippen LogP contribution in [0.15, 0.2) is 54.9 Å². The highest BCUT2D eigenvalue weighted by Gasteiger charge is 2.06. The van der Waals surface area contributed by atoms with Crippen LogP contribution in [0.5, 0.6) is 0 Å². The molecule has 1 aromatic carbocycles. The molecule has 0 radical (unpaired) electrons. The summed E-state index contributed by atoms with van der Waals surface area (Å²) in [6.07, 6.45) is 3.53. The quantitative estimate of drug-likeness (QED) is 0.669. The van der Waals surface area contributed by atoms with E-state index in [0.717, 1.165) is 22.4 Å². The summed E-state index contributed by atoms with van der Waals surface area (Å²) in [6.45, 7) is 0. The number of hydrogen-bond donors (Lipinski definition) is 1. The van der Waals surface area contributed by atoms with Crippen LogP contribution in [0, 0.1) is 0 Å². The Morgan fingerprint density at radius 1 is 1.00 bits per heavy atom. The van der Waals surface area contributed by atoms with Gasteiger partial charge in [0, 0.05) is 17.8 Å². The van der Waals surface area contributed by atoms with Crippen molar-refractivity contribution in [3.63, 3.8) is 0 Å². The van der Waals surface area contributed by atoms with Crippen molar-refractivity contribution in [1.82, 2.24) is 9.55 Å². The van der Waals surface area contributed by atoms with Gasteiger partial charge in [-0.05, 0) is 24.3 Å². The molecule has 0 saturated heterocycles. The number of nitrogens with two attached hydrogens (primary N) is 1. The van der Waals surface area contributed by atoms with Crippen LogP contribution in [0.4, 0.5) is 5.82 Å². The van der Waals surface area contributed by atoms with Gasteiger partial charge in [-0.15, -0.1) is 0 Å². The summed E-state index contributed by atoms with van der Waals surface area (Å²) in [5.74, 6) is 0.743. The minimum atomic E-state index is 0.743. The number of hydrogen-bond acceptors (Lipinski definition) is 2. The Balaban J connectivity index is 2.35. The van der Waals surface area contributed by atoms with Crippen molar-refractivity contribution in [2.45, 2.75) is 0 Å². The van der Waals surface area contributed by atoms with Crippen LogP contribution in [-0.4, -0.2) is 9.55 Å². The Hall–Kier alpha value is -2.29. The third-order valence-corrected chi connectivity index (χ3v) is 2.66. The minimum Gasteiger partial charge on any atom is -0.385 e. The summed E-state index contributed by atoms with van der Waals surface area (Å²) in [6, 6.07) is 14.0. The van der Waals surface area contributed by atoms with Gasteiger partial charge in [-0.2, -0.15) is 0 Å². The number of nitrogen functional groups attached to an aromatic ring is 1. The maximum Gasteiger partial charge on any atom is 0.108 e.